The monoisotopic (exact) mass is 346 g/mol. The minimum Gasteiger partial charge on any atom is -0.380 e. The van der Waals surface area contributed by atoms with Crippen molar-refractivity contribution in [2.24, 2.45) is 10.8 Å². The third-order valence-corrected chi connectivity index (χ3v) is 5.07. The molecule has 0 aromatic heterocycles. The zero-order valence-electron chi connectivity index (χ0n) is 15.3. The van der Waals surface area contributed by atoms with Crippen LogP contribution in [0.15, 0.2) is 0 Å². The van der Waals surface area contributed by atoms with Crippen molar-refractivity contribution < 1.29 is 28.4 Å². The number of ether oxygens (including phenoxy) is 6. The van der Waals surface area contributed by atoms with Gasteiger partial charge in [-0.05, 0) is 12.8 Å². The highest BCUT2D eigenvalue weighted by molar-refractivity contribution is 4.84. The lowest BCUT2D eigenvalue weighted by molar-refractivity contribution is -0.154. The van der Waals surface area contributed by atoms with Gasteiger partial charge in [0.25, 0.3) is 0 Å². The Labute approximate surface area is 146 Å². The number of hydrogen-bond donors (Lipinski definition) is 0. The molecule has 0 amide bonds. The smallest absolute Gasteiger partial charge is 0.0701 e. The van der Waals surface area contributed by atoms with Gasteiger partial charge >= 0.3 is 0 Å². The number of hydrogen-bond acceptors (Lipinski definition) is 6. The summed E-state index contributed by atoms with van der Waals surface area (Å²) < 4.78 is 32.9. The Kier molecular flexibility index (Phi) is 8.94. The van der Waals surface area contributed by atoms with Crippen molar-refractivity contribution in [3.63, 3.8) is 0 Å². The molecule has 6 heteroatoms. The zero-order chi connectivity index (χ0) is 17.1. The number of rotatable bonds is 15. The second-order valence-corrected chi connectivity index (χ2v) is 7.02. The Morgan fingerprint density at radius 2 is 0.917 bits per heavy atom. The van der Waals surface area contributed by atoms with Crippen molar-refractivity contribution in [1.82, 2.24) is 0 Å². The van der Waals surface area contributed by atoms with E-state index in [4.69, 9.17) is 28.4 Å². The summed E-state index contributed by atoms with van der Waals surface area (Å²) in [5.74, 6) is 0. The van der Waals surface area contributed by atoms with Crippen LogP contribution in [0.1, 0.15) is 26.7 Å². The predicted molar refractivity (Wildman–Crippen MR) is 90.4 cm³/mol. The zero-order valence-corrected chi connectivity index (χ0v) is 15.3. The van der Waals surface area contributed by atoms with Gasteiger partial charge in [-0.15, -0.1) is 0 Å². The molecule has 2 aliphatic rings. The largest absolute Gasteiger partial charge is 0.380 e. The van der Waals surface area contributed by atoms with E-state index in [1.807, 2.05) is 0 Å². The normalized spacial score (nSPS) is 21.2. The van der Waals surface area contributed by atoms with E-state index in [9.17, 15) is 0 Å². The van der Waals surface area contributed by atoms with E-state index < -0.39 is 0 Å². The molecule has 0 radical (unpaired) electrons. The first-order chi connectivity index (χ1) is 11.7. The van der Waals surface area contributed by atoms with Gasteiger partial charge in [0.05, 0.1) is 79.3 Å². The minimum absolute atomic E-state index is 0.255. The maximum absolute atomic E-state index is 5.67. The van der Waals surface area contributed by atoms with Crippen LogP contribution in [0.4, 0.5) is 0 Å². The molecule has 0 bridgehead atoms. The van der Waals surface area contributed by atoms with Gasteiger partial charge in [-0.3, -0.25) is 0 Å². The average Bonchev–Trinajstić information content (AvgIpc) is 2.52. The molecular weight excluding hydrogens is 312 g/mol. The van der Waals surface area contributed by atoms with Gasteiger partial charge < -0.3 is 28.4 Å². The van der Waals surface area contributed by atoms with Gasteiger partial charge in [-0.1, -0.05) is 13.8 Å². The second kappa shape index (κ2) is 10.7. The molecule has 2 rings (SSSR count). The summed E-state index contributed by atoms with van der Waals surface area (Å²) in [5.41, 5.74) is 0.510. The van der Waals surface area contributed by atoms with E-state index in [2.05, 4.69) is 13.8 Å². The van der Waals surface area contributed by atoms with Crippen LogP contribution in [-0.4, -0.2) is 79.3 Å². The molecule has 0 aliphatic carbocycles. The fourth-order valence-corrected chi connectivity index (χ4v) is 2.70. The Morgan fingerprint density at radius 3 is 1.17 bits per heavy atom. The topological polar surface area (TPSA) is 55.4 Å². The SMILES string of the molecule is CCC1(COCCOCCOCCOCC2(CC)COC2)COC1. The van der Waals surface area contributed by atoms with Crippen LogP contribution in [0.3, 0.4) is 0 Å². The Morgan fingerprint density at radius 1 is 0.583 bits per heavy atom. The predicted octanol–water partition coefficient (Wildman–Crippen LogP) is 1.91. The Bertz CT molecular complexity index is 284. The van der Waals surface area contributed by atoms with Crippen LogP contribution in [0, 0.1) is 10.8 Å². The van der Waals surface area contributed by atoms with E-state index in [1.165, 1.54) is 0 Å². The third kappa shape index (κ3) is 6.24. The van der Waals surface area contributed by atoms with Crippen LogP contribution < -0.4 is 0 Å². The highest BCUT2D eigenvalue weighted by Crippen LogP contribution is 2.31. The van der Waals surface area contributed by atoms with Gasteiger partial charge in [0.1, 0.15) is 0 Å². The standard InChI is InChI=1S/C18H34O6/c1-3-17(13-23-14-17)11-21-9-7-19-5-6-20-8-10-22-12-18(4-2)15-24-16-18/h3-16H2,1-2H3. The molecule has 0 N–H and O–H groups in total. The van der Waals surface area contributed by atoms with Gasteiger partial charge in [-0.2, -0.15) is 0 Å². The summed E-state index contributed by atoms with van der Waals surface area (Å²) in [4.78, 5) is 0. The molecule has 0 aromatic carbocycles. The molecule has 0 unspecified atom stereocenters. The molecule has 0 aromatic rings. The maximum Gasteiger partial charge on any atom is 0.0701 e. The molecule has 0 saturated carbocycles. The highest BCUT2D eigenvalue weighted by atomic mass is 16.6. The lowest BCUT2D eigenvalue weighted by Crippen LogP contribution is -2.45. The van der Waals surface area contributed by atoms with Gasteiger partial charge in [-0.25, -0.2) is 0 Å². The van der Waals surface area contributed by atoms with E-state index in [1.54, 1.807) is 0 Å². The summed E-state index contributed by atoms with van der Waals surface area (Å²) in [6, 6.07) is 0. The summed E-state index contributed by atoms with van der Waals surface area (Å²) >= 11 is 0. The van der Waals surface area contributed by atoms with E-state index in [-0.39, 0.29) is 10.8 Å². The summed E-state index contributed by atoms with van der Waals surface area (Å²) in [6.07, 6.45) is 2.21. The molecule has 0 atom stereocenters. The second-order valence-electron chi connectivity index (χ2n) is 7.02. The fraction of sp³-hybridized carbons (Fsp3) is 1.00. The molecule has 2 aliphatic heterocycles. The van der Waals surface area contributed by atoms with Crippen molar-refractivity contribution in [2.45, 2.75) is 26.7 Å². The van der Waals surface area contributed by atoms with Crippen LogP contribution in [0.5, 0.6) is 0 Å². The fourth-order valence-electron chi connectivity index (χ4n) is 2.70. The van der Waals surface area contributed by atoms with E-state index in [0.29, 0.717) is 39.6 Å². The van der Waals surface area contributed by atoms with Crippen molar-refractivity contribution in [3.8, 4) is 0 Å². The molecule has 2 heterocycles. The first kappa shape index (κ1) is 20.1. The molecule has 24 heavy (non-hydrogen) atoms. The van der Waals surface area contributed by atoms with E-state index in [0.717, 1.165) is 52.5 Å². The quantitative estimate of drug-likeness (QED) is 0.422. The Hall–Kier alpha value is -0.240. The van der Waals surface area contributed by atoms with Gasteiger partial charge in [0, 0.05) is 10.8 Å². The molecule has 2 saturated heterocycles. The van der Waals surface area contributed by atoms with Crippen LogP contribution in [-0.2, 0) is 28.4 Å². The molecular formula is C18H34O6. The summed E-state index contributed by atoms with van der Waals surface area (Å²) in [5, 5.41) is 0. The van der Waals surface area contributed by atoms with Crippen molar-refractivity contribution >= 4 is 0 Å². The van der Waals surface area contributed by atoms with Crippen LogP contribution in [0.25, 0.3) is 0 Å². The molecule has 0 spiro atoms. The van der Waals surface area contributed by atoms with Gasteiger partial charge in [0.15, 0.2) is 0 Å². The highest BCUT2D eigenvalue weighted by Gasteiger charge is 2.37. The molecule has 2 fully saturated rings. The van der Waals surface area contributed by atoms with Gasteiger partial charge in [0.2, 0.25) is 0 Å². The molecule has 6 nitrogen and oxygen atoms in total. The summed E-state index contributed by atoms with van der Waals surface area (Å²) in [7, 11) is 0. The first-order valence-corrected chi connectivity index (χ1v) is 9.21. The van der Waals surface area contributed by atoms with Crippen LogP contribution in [0.2, 0.25) is 0 Å². The lowest BCUT2D eigenvalue weighted by atomic mass is 9.84. The average molecular weight is 346 g/mol. The first-order valence-electron chi connectivity index (χ1n) is 9.21. The Balaban J connectivity index is 1.30. The minimum atomic E-state index is 0.255. The van der Waals surface area contributed by atoms with Crippen molar-refractivity contribution in [2.75, 3.05) is 79.3 Å². The van der Waals surface area contributed by atoms with E-state index >= 15 is 0 Å². The van der Waals surface area contributed by atoms with Crippen molar-refractivity contribution in [3.05, 3.63) is 0 Å². The van der Waals surface area contributed by atoms with Crippen molar-refractivity contribution in [1.29, 1.82) is 0 Å². The van der Waals surface area contributed by atoms with Crippen LogP contribution >= 0.6 is 0 Å². The maximum atomic E-state index is 5.67. The summed E-state index contributed by atoms with van der Waals surface area (Å²) in [6.45, 7) is 12.9. The third-order valence-electron chi connectivity index (χ3n) is 5.07. The molecule has 142 valence electrons. The lowest BCUT2D eigenvalue weighted by Gasteiger charge is -2.40.